The Balaban J connectivity index is 1.54. The van der Waals surface area contributed by atoms with Crippen molar-refractivity contribution in [2.24, 2.45) is 23.7 Å². The number of fused-ring (bicyclic) bond motifs is 2. The number of hydrogen-bond acceptors (Lipinski definition) is 3. The van der Waals surface area contributed by atoms with Gasteiger partial charge in [0, 0.05) is 6.61 Å². The monoisotopic (exact) mass is 270 g/mol. The molecule has 104 valence electrons. The number of ether oxygens (including phenoxy) is 2. The summed E-state index contributed by atoms with van der Waals surface area (Å²) in [6.45, 7) is 0.592. The first kappa shape index (κ1) is 12.0. The zero-order valence-corrected chi connectivity index (χ0v) is 11.2. The van der Waals surface area contributed by atoms with Crippen LogP contribution in [-0.2, 0) is 6.42 Å². The minimum atomic E-state index is 0.272. The number of aliphatic hydroxyl groups is 1. The van der Waals surface area contributed by atoms with Gasteiger partial charge in [0.1, 0.15) is 0 Å². The zero-order valence-electron chi connectivity index (χ0n) is 11.2. The van der Waals surface area contributed by atoms with E-state index in [1.807, 2.05) is 6.07 Å². The first-order valence-electron chi connectivity index (χ1n) is 7.21. The first-order chi connectivity index (χ1) is 9.86. The van der Waals surface area contributed by atoms with E-state index < -0.39 is 0 Å². The topological polar surface area (TPSA) is 38.7 Å². The molecule has 3 nitrogen and oxygen atoms in total. The maximum atomic E-state index is 9.63. The van der Waals surface area contributed by atoms with E-state index in [1.54, 1.807) is 0 Å². The lowest BCUT2D eigenvalue weighted by Crippen LogP contribution is -2.48. The van der Waals surface area contributed by atoms with Crippen molar-refractivity contribution in [1.29, 1.82) is 0 Å². The average Bonchev–Trinajstić information content (AvgIpc) is 2.93. The Kier molecular flexibility index (Phi) is 2.81. The van der Waals surface area contributed by atoms with E-state index in [2.05, 4.69) is 36.4 Å². The molecule has 1 saturated carbocycles. The fourth-order valence-electron chi connectivity index (χ4n) is 3.81. The Hall–Kier alpha value is -1.74. The Morgan fingerprint density at radius 1 is 1.00 bits per heavy atom. The summed E-state index contributed by atoms with van der Waals surface area (Å²) in [6.07, 6.45) is 9.74. The van der Waals surface area contributed by atoms with Crippen LogP contribution in [0.4, 0.5) is 0 Å². The highest BCUT2D eigenvalue weighted by Crippen LogP contribution is 2.50. The zero-order chi connectivity index (χ0) is 13.5. The molecule has 0 amide bonds. The summed E-state index contributed by atoms with van der Waals surface area (Å²) in [4.78, 5) is 0. The lowest BCUT2D eigenvalue weighted by molar-refractivity contribution is -0.00277. The second-order valence-electron chi connectivity index (χ2n) is 5.83. The molecule has 4 atom stereocenters. The fraction of sp³-hybridized carbons (Fsp3) is 0.412. The van der Waals surface area contributed by atoms with Crippen LogP contribution in [0.1, 0.15) is 5.56 Å². The van der Waals surface area contributed by atoms with Gasteiger partial charge in [0.2, 0.25) is 6.79 Å². The fourth-order valence-corrected chi connectivity index (χ4v) is 3.81. The van der Waals surface area contributed by atoms with Crippen LogP contribution >= 0.6 is 0 Å². The van der Waals surface area contributed by atoms with Crippen LogP contribution in [0.3, 0.4) is 0 Å². The molecule has 0 bridgehead atoms. The third-order valence-electron chi connectivity index (χ3n) is 4.88. The van der Waals surface area contributed by atoms with Crippen LogP contribution in [0.25, 0.3) is 0 Å². The van der Waals surface area contributed by atoms with Crippen molar-refractivity contribution in [2.45, 2.75) is 6.42 Å². The second kappa shape index (κ2) is 4.67. The van der Waals surface area contributed by atoms with Crippen molar-refractivity contribution >= 4 is 0 Å². The maximum absolute atomic E-state index is 9.63. The Labute approximate surface area is 118 Å². The molecule has 1 aliphatic heterocycles. The third kappa shape index (κ3) is 1.77. The van der Waals surface area contributed by atoms with E-state index in [0.717, 1.165) is 17.9 Å². The van der Waals surface area contributed by atoms with Crippen molar-refractivity contribution in [1.82, 2.24) is 0 Å². The smallest absolute Gasteiger partial charge is 0.231 e. The number of rotatable bonds is 3. The Morgan fingerprint density at radius 2 is 1.75 bits per heavy atom. The molecule has 1 fully saturated rings. The number of benzene rings is 1. The van der Waals surface area contributed by atoms with Gasteiger partial charge in [-0.2, -0.15) is 0 Å². The van der Waals surface area contributed by atoms with E-state index in [-0.39, 0.29) is 6.61 Å². The predicted octanol–water partition coefficient (Wildman–Crippen LogP) is 2.55. The van der Waals surface area contributed by atoms with E-state index in [4.69, 9.17) is 9.47 Å². The van der Waals surface area contributed by atoms with Crippen LogP contribution < -0.4 is 9.47 Å². The van der Waals surface area contributed by atoms with Gasteiger partial charge in [0.25, 0.3) is 0 Å². The first-order valence-corrected chi connectivity index (χ1v) is 7.21. The number of aliphatic hydroxyl groups excluding tert-OH is 1. The highest BCUT2D eigenvalue weighted by atomic mass is 16.7. The van der Waals surface area contributed by atoms with Crippen molar-refractivity contribution < 1.29 is 14.6 Å². The highest BCUT2D eigenvalue weighted by molar-refractivity contribution is 5.44. The molecule has 2 aliphatic carbocycles. The van der Waals surface area contributed by atoms with Crippen LogP contribution in [0.2, 0.25) is 0 Å². The lowest BCUT2D eigenvalue weighted by atomic mass is 9.54. The minimum Gasteiger partial charge on any atom is -0.454 e. The van der Waals surface area contributed by atoms with Crippen LogP contribution in [0.5, 0.6) is 11.5 Å². The van der Waals surface area contributed by atoms with E-state index in [9.17, 15) is 5.11 Å². The molecule has 0 aromatic heterocycles. The van der Waals surface area contributed by atoms with Gasteiger partial charge in [-0.25, -0.2) is 0 Å². The summed E-state index contributed by atoms with van der Waals surface area (Å²) in [5.74, 6) is 3.67. The molecule has 1 heterocycles. The largest absolute Gasteiger partial charge is 0.454 e. The lowest BCUT2D eigenvalue weighted by Gasteiger charge is -2.50. The second-order valence-corrected chi connectivity index (χ2v) is 5.83. The molecule has 0 spiro atoms. The summed E-state index contributed by atoms with van der Waals surface area (Å²) >= 11 is 0. The molecule has 0 saturated heterocycles. The standard InChI is InChI=1S/C17H18O3/c18-9-15-13-4-2-1-3-12(13)14(15)7-11-5-6-16-17(8-11)20-10-19-16/h1-6,8,12-15,18H,7,9-10H2/t12-,13+,14-,15-/m1/s1. The molecular formula is C17H18O3. The van der Waals surface area contributed by atoms with Gasteiger partial charge in [0.15, 0.2) is 11.5 Å². The molecule has 1 aromatic carbocycles. The maximum Gasteiger partial charge on any atom is 0.231 e. The van der Waals surface area contributed by atoms with Gasteiger partial charge in [-0.1, -0.05) is 30.4 Å². The van der Waals surface area contributed by atoms with Gasteiger partial charge < -0.3 is 14.6 Å². The normalized spacial score (nSPS) is 32.9. The van der Waals surface area contributed by atoms with Crippen LogP contribution in [0.15, 0.2) is 42.5 Å². The Morgan fingerprint density at radius 3 is 2.55 bits per heavy atom. The number of hydrogen-bond donors (Lipinski definition) is 1. The summed E-state index contributed by atoms with van der Waals surface area (Å²) in [5.41, 5.74) is 1.26. The van der Waals surface area contributed by atoms with Crippen LogP contribution in [-0.4, -0.2) is 18.5 Å². The van der Waals surface area contributed by atoms with Gasteiger partial charge in [-0.05, 0) is 47.8 Å². The molecule has 0 radical (unpaired) electrons. The van der Waals surface area contributed by atoms with E-state index >= 15 is 0 Å². The molecule has 3 heteroatoms. The molecule has 1 N–H and O–H groups in total. The summed E-state index contributed by atoms with van der Waals surface area (Å²) in [5, 5.41) is 9.63. The van der Waals surface area contributed by atoms with Crippen LogP contribution in [0, 0.1) is 23.7 Å². The molecule has 0 unspecified atom stereocenters. The average molecular weight is 270 g/mol. The van der Waals surface area contributed by atoms with Gasteiger partial charge in [-0.3, -0.25) is 0 Å². The quantitative estimate of drug-likeness (QED) is 0.917. The van der Waals surface area contributed by atoms with Gasteiger partial charge >= 0.3 is 0 Å². The van der Waals surface area contributed by atoms with Crippen molar-refractivity contribution in [3.63, 3.8) is 0 Å². The molecular weight excluding hydrogens is 252 g/mol. The minimum absolute atomic E-state index is 0.272. The van der Waals surface area contributed by atoms with E-state index in [0.29, 0.717) is 30.5 Å². The predicted molar refractivity (Wildman–Crippen MR) is 75.6 cm³/mol. The Bertz CT molecular complexity index is 576. The van der Waals surface area contributed by atoms with Gasteiger partial charge in [-0.15, -0.1) is 0 Å². The molecule has 20 heavy (non-hydrogen) atoms. The molecule has 1 aromatic rings. The summed E-state index contributed by atoms with van der Waals surface area (Å²) < 4.78 is 10.8. The third-order valence-corrected chi connectivity index (χ3v) is 4.88. The summed E-state index contributed by atoms with van der Waals surface area (Å²) in [7, 11) is 0. The van der Waals surface area contributed by atoms with E-state index in [1.165, 1.54) is 5.56 Å². The molecule has 4 rings (SSSR count). The van der Waals surface area contributed by atoms with Crippen molar-refractivity contribution in [3.8, 4) is 11.5 Å². The van der Waals surface area contributed by atoms with Crippen molar-refractivity contribution in [3.05, 3.63) is 48.1 Å². The van der Waals surface area contributed by atoms with Crippen molar-refractivity contribution in [2.75, 3.05) is 13.4 Å². The highest BCUT2D eigenvalue weighted by Gasteiger charge is 2.47. The SMILES string of the molecule is OC[C@@H]1[C@H]2C=CC=C[C@H]2[C@H]1Cc1ccc2c(c1)OCO2. The molecule has 3 aliphatic rings. The summed E-state index contributed by atoms with van der Waals surface area (Å²) in [6, 6.07) is 6.17. The van der Waals surface area contributed by atoms with Gasteiger partial charge in [0.05, 0.1) is 0 Å². The number of allylic oxidation sites excluding steroid dienone is 4.